The molecule has 0 bridgehead atoms. The molecule has 128 valence electrons. The van der Waals surface area contributed by atoms with E-state index in [0.29, 0.717) is 19.4 Å². The number of fused-ring (bicyclic) bond motifs is 1. The van der Waals surface area contributed by atoms with Crippen molar-refractivity contribution in [1.82, 2.24) is 25.5 Å². The number of hydrogen-bond donors (Lipinski definition) is 1. The maximum absolute atomic E-state index is 12.3. The Kier molecular flexibility index (Phi) is 4.37. The fourth-order valence-corrected chi connectivity index (χ4v) is 2.85. The van der Waals surface area contributed by atoms with Gasteiger partial charge in [0, 0.05) is 18.4 Å². The quantitative estimate of drug-likeness (QED) is 0.892. The number of amides is 1. The Bertz CT molecular complexity index is 715. The van der Waals surface area contributed by atoms with Crippen molar-refractivity contribution in [2.24, 2.45) is 0 Å². The van der Waals surface area contributed by atoms with Gasteiger partial charge in [-0.05, 0) is 42.5 Å². The SMILES string of the molecule is COc1ccc2c(c1)[C@H](NC(=O)CCn1cnnn1)CC(C)(C)O2. The first kappa shape index (κ1) is 16.2. The van der Waals surface area contributed by atoms with Crippen molar-refractivity contribution in [3.63, 3.8) is 0 Å². The number of carbonyl (C=O) groups is 1. The molecule has 1 aromatic carbocycles. The van der Waals surface area contributed by atoms with Crippen LogP contribution in [0.25, 0.3) is 0 Å². The van der Waals surface area contributed by atoms with Crippen LogP contribution in [0.4, 0.5) is 0 Å². The van der Waals surface area contributed by atoms with Gasteiger partial charge in [0.2, 0.25) is 5.91 Å². The Labute approximate surface area is 140 Å². The van der Waals surface area contributed by atoms with Crippen LogP contribution in [-0.2, 0) is 11.3 Å². The first-order valence-electron chi connectivity index (χ1n) is 7.84. The lowest BCUT2D eigenvalue weighted by Gasteiger charge is -2.38. The van der Waals surface area contributed by atoms with Crippen LogP contribution >= 0.6 is 0 Å². The van der Waals surface area contributed by atoms with E-state index in [4.69, 9.17) is 9.47 Å². The number of nitrogens with zero attached hydrogens (tertiary/aromatic N) is 4. The van der Waals surface area contributed by atoms with Gasteiger partial charge in [0.1, 0.15) is 23.4 Å². The Morgan fingerprint density at radius 3 is 3.04 bits per heavy atom. The third-order valence-electron chi connectivity index (χ3n) is 3.97. The van der Waals surface area contributed by atoms with Crippen LogP contribution in [0.1, 0.15) is 38.3 Å². The summed E-state index contributed by atoms with van der Waals surface area (Å²) in [5.41, 5.74) is 0.583. The summed E-state index contributed by atoms with van der Waals surface area (Å²) in [5, 5.41) is 14.0. The van der Waals surface area contributed by atoms with Crippen molar-refractivity contribution in [1.29, 1.82) is 0 Å². The van der Waals surface area contributed by atoms with Crippen LogP contribution in [0.5, 0.6) is 11.5 Å². The van der Waals surface area contributed by atoms with E-state index in [1.165, 1.54) is 11.0 Å². The number of hydrogen-bond acceptors (Lipinski definition) is 6. The number of nitrogens with one attached hydrogen (secondary N) is 1. The number of benzene rings is 1. The van der Waals surface area contributed by atoms with Crippen LogP contribution in [0.2, 0.25) is 0 Å². The van der Waals surface area contributed by atoms with E-state index >= 15 is 0 Å². The van der Waals surface area contributed by atoms with Gasteiger partial charge in [-0.15, -0.1) is 5.10 Å². The van der Waals surface area contributed by atoms with Gasteiger partial charge in [-0.1, -0.05) is 0 Å². The molecule has 1 atom stereocenters. The van der Waals surface area contributed by atoms with Crippen LogP contribution in [0.15, 0.2) is 24.5 Å². The molecule has 1 N–H and O–H groups in total. The molecule has 24 heavy (non-hydrogen) atoms. The maximum Gasteiger partial charge on any atom is 0.222 e. The molecule has 8 nitrogen and oxygen atoms in total. The molecule has 2 aromatic rings. The highest BCUT2D eigenvalue weighted by atomic mass is 16.5. The highest BCUT2D eigenvalue weighted by Crippen LogP contribution is 2.41. The number of methoxy groups -OCH3 is 1. The van der Waals surface area contributed by atoms with Gasteiger partial charge < -0.3 is 14.8 Å². The predicted molar refractivity (Wildman–Crippen MR) is 85.6 cm³/mol. The molecule has 1 aliphatic rings. The molecule has 1 aliphatic heterocycles. The topological polar surface area (TPSA) is 91.2 Å². The summed E-state index contributed by atoms with van der Waals surface area (Å²) in [7, 11) is 1.62. The fourth-order valence-electron chi connectivity index (χ4n) is 2.85. The molecule has 8 heteroatoms. The van der Waals surface area contributed by atoms with E-state index in [2.05, 4.69) is 20.8 Å². The summed E-state index contributed by atoms with van der Waals surface area (Å²) in [5.74, 6) is 1.46. The van der Waals surface area contributed by atoms with E-state index < -0.39 is 0 Å². The predicted octanol–water partition coefficient (Wildman–Crippen LogP) is 1.49. The summed E-state index contributed by atoms with van der Waals surface area (Å²) in [6, 6.07) is 5.53. The molecule has 0 aliphatic carbocycles. The molecule has 0 saturated heterocycles. The molecule has 0 spiro atoms. The van der Waals surface area contributed by atoms with Crippen LogP contribution in [0, 0.1) is 0 Å². The molecular weight excluding hydrogens is 310 g/mol. The van der Waals surface area contributed by atoms with Gasteiger partial charge >= 0.3 is 0 Å². The zero-order valence-electron chi connectivity index (χ0n) is 14.0. The van der Waals surface area contributed by atoms with Crippen molar-refractivity contribution in [3.8, 4) is 11.5 Å². The van der Waals surface area contributed by atoms with Gasteiger partial charge in [0.15, 0.2) is 0 Å². The summed E-state index contributed by atoms with van der Waals surface area (Å²) in [4.78, 5) is 12.3. The van der Waals surface area contributed by atoms with Gasteiger partial charge in [0.25, 0.3) is 0 Å². The van der Waals surface area contributed by atoms with Crippen LogP contribution in [-0.4, -0.2) is 38.8 Å². The number of aryl methyl sites for hydroxylation is 1. The van der Waals surface area contributed by atoms with Crippen LogP contribution < -0.4 is 14.8 Å². The minimum absolute atomic E-state index is 0.0537. The fraction of sp³-hybridized carbons (Fsp3) is 0.500. The first-order chi connectivity index (χ1) is 11.5. The molecule has 3 rings (SSSR count). The standard InChI is InChI=1S/C16H21N5O3/c1-16(2)9-13(12-8-11(23-3)4-5-14(12)24-16)18-15(22)6-7-21-10-17-19-20-21/h4-5,8,10,13H,6-7,9H2,1-3H3,(H,18,22)/t13-/m1/s1. The highest BCUT2D eigenvalue weighted by Gasteiger charge is 2.34. The van der Waals surface area contributed by atoms with E-state index in [1.807, 2.05) is 32.0 Å². The minimum Gasteiger partial charge on any atom is -0.497 e. The summed E-state index contributed by atoms with van der Waals surface area (Å²) < 4.78 is 12.8. The summed E-state index contributed by atoms with van der Waals surface area (Å²) in [6.07, 6.45) is 2.48. The third kappa shape index (κ3) is 3.64. The van der Waals surface area contributed by atoms with Gasteiger partial charge in [-0.2, -0.15) is 0 Å². The van der Waals surface area contributed by atoms with Crippen LogP contribution in [0.3, 0.4) is 0 Å². The second-order valence-electron chi connectivity index (χ2n) is 6.41. The third-order valence-corrected chi connectivity index (χ3v) is 3.97. The van der Waals surface area contributed by atoms with Gasteiger partial charge in [0.05, 0.1) is 19.7 Å². The lowest BCUT2D eigenvalue weighted by molar-refractivity contribution is -0.122. The highest BCUT2D eigenvalue weighted by molar-refractivity contribution is 5.76. The van der Waals surface area contributed by atoms with Crippen molar-refractivity contribution in [2.45, 2.75) is 44.9 Å². The smallest absolute Gasteiger partial charge is 0.222 e. The van der Waals surface area contributed by atoms with Crippen molar-refractivity contribution in [2.75, 3.05) is 7.11 Å². The molecule has 0 fully saturated rings. The monoisotopic (exact) mass is 331 g/mol. The molecule has 1 aromatic heterocycles. The molecule has 1 amide bonds. The Balaban J connectivity index is 1.73. The second kappa shape index (κ2) is 6.46. The Hall–Kier alpha value is -2.64. The molecule has 0 radical (unpaired) electrons. The number of rotatable bonds is 5. The van der Waals surface area contributed by atoms with E-state index in [-0.39, 0.29) is 17.6 Å². The lowest BCUT2D eigenvalue weighted by atomic mass is 9.89. The van der Waals surface area contributed by atoms with Crippen molar-refractivity contribution in [3.05, 3.63) is 30.1 Å². The molecule has 0 unspecified atom stereocenters. The maximum atomic E-state index is 12.3. The number of ether oxygens (including phenoxy) is 2. The van der Waals surface area contributed by atoms with Crippen molar-refractivity contribution >= 4 is 5.91 Å². The number of carbonyl (C=O) groups excluding carboxylic acids is 1. The summed E-state index contributed by atoms with van der Waals surface area (Å²) >= 11 is 0. The normalized spacial score (nSPS) is 18.4. The lowest BCUT2D eigenvalue weighted by Crippen LogP contribution is -2.41. The zero-order chi connectivity index (χ0) is 17.2. The van der Waals surface area contributed by atoms with E-state index in [1.54, 1.807) is 7.11 Å². The molecule has 0 saturated carbocycles. The van der Waals surface area contributed by atoms with E-state index in [9.17, 15) is 4.79 Å². The molecule has 2 heterocycles. The van der Waals surface area contributed by atoms with E-state index in [0.717, 1.165) is 17.1 Å². The zero-order valence-corrected chi connectivity index (χ0v) is 14.0. The first-order valence-corrected chi connectivity index (χ1v) is 7.84. The second-order valence-corrected chi connectivity index (χ2v) is 6.41. The number of tetrazole rings is 1. The van der Waals surface area contributed by atoms with Gasteiger partial charge in [-0.25, -0.2) is 4.68 Å². The molecular formula is C16H21N5O3. The summed E-state index contributed by atoms with van der Waals surface area (Å²) in [6.45, 7) is 4.47. The average molecular weight is 331 g/mol. The van der Waals surface area contributed by atoms with Crippen molar-refractivity contribution < 1.29 is 14.3 Å². The minimum atomic E-state index is -0.352. The largest absolute Gasteiger partial charge is 0.497 e. The van der Waals surface area contributed by atoms with Gasteiger partial charge in [-0.3, -0.25) is 4.79 Å². The number of aromatic nitrogens is 4. The Morgan fingerprint density at radius 2 is 2.33 bits per heavy atom. The Morgan fingerprint density at radius 1 is 1.50 bits per heavy atom. The average Bonchev–Trinajstić information content (AvgIpc) is 3.05.